The van der Waals surface area contributed by atoms with E-state index in [9.17, 15) is 0 Å². The summed E-state index contributed by atoms with van der Waals surface area (Å²) in [5.41, 5.74) is 5.93. The van der Waals surface area contributed by atoms with Crippen molar-refractivity contribution >= 4 is 35.4 Å². The third-order valence-corrected chi connectivity index (χ3v) is 3.78. The quantitative estimate of drug-likeness (QED) is 0.633. The van der Waals surface area contributed by atoms with Gasteiger partial charge >= 0.3 is 0 Å². The number of benzene rings is 2. The molecule has 2 aromatic rings. The Morgan fingerprint density at radius 2 is 1.68 bits per heavy atom. The summed E-state index contributed by atoms with van der Waals surface area (Å²) in [7, 11) is 0. The van der Waals surface area contributed by atoms with Crippen molar-refractivity contribution < 1.29 is 0 Å². The van der Waals surface area contributed by atoms with Crippen molar-refractivity contribution in [2.75, 3.05) is 13.1 Å². The Hall–Kier alpha value is -2.85. The molecule has 0 saturated carbocycles. The molecule has 1 aliphatic heterocycles. The number of hydrogen-bond acceptors (Lipinski definition) is 4. The van der Waals surface area contributed by atoms with E-state index in [1.54, 1.807) is 0 Å². The topological polar surface area (TPSA) is 48.8 Å². The van der Waals surface area contributed by atoms with Crippen LogP contribution in [-0.4, -0.2) is 24.8 Å². The van der Waals surface area contributed by atoms with Crippen molar-refractivity contribution in [2.45, 2.75) is 0 Å². The minimum atomic E-state index is 0.700. The average Bonchev–Trinajstić information content (AvgIpc) is 3.17. The Kier molecular flexibility index (Phi) is 6.01. The van der Waals surface area contributed by atoms with Crippen molar-refractivity contribution in [1.29, 1.82) is 0 Å². The molecule has 0 fully saturated rings. The van der Waals surface area contributed by atoms with Gasteiger partial charge in [-0.1, -0.05) is 66.2 Å². The lowest BCUT2D eigenvalue weighted by atomic mass is 10.1. The van der Waals surface area contributed by atoms with Crippen LogP contribution in [0.3, 0.4) is 0 Å². The van der Waals surface area contributed by atoms with Gasteiger partial charge < -0.3 is 5.32 Å². The molecule has 0 spiro atoms. The highest BCUT2D eigenvalue weighted by atomic mass is 35.5. The maximum Gasteiger partial charge on any atom is 0.212 e. The Morgan fingerprint density at radius 1 is 1.00 bits per heavy atom. The summed E-state index contributed by atoms with van der Waals surface area (Å²) < 4.78 is 0. The molecule has 0 aromatic heterocycles. The molecule has 126 valence electrons. The summed E-state index contributed by atoms with van der Waals surface area (Å²) in [6.07, 6.45) is 7.93. The number of rotatable bonds is 5. The van der Waals surface area contributed by atoms with Gasteiger partial charge in [-0.2, -0.15) is 5.10 Å². The van der Waals surface area contributed by atoms with E-state index < -0.39 is 0 Å². The number of hydrazone groups is 1. The van der Waals surface area contributed by atoms with Crippen LogP contribution in [-0.2, 0) is 0 Å². The van der Waals surface area contributed by atoms with E-state index in [1.165, 1.54) is 0 Å². The van der Waals surface area contributed by atoms with Crippen LogP contribution in [0.25, 0.3) is 12.2 Å². The molecule has 25 heavy (non-hydrogen) atoms. The largest absolute Gasteiger partial charge is 0.353 e. The lowest BCUT2D eigenvalue weighted by Crippen LogP contribution is -2.30. The molecule has 0 radical (unpaired) electrons. The zero-order chi connectivity index (χ0) is 17.3. The van der Waals surface area contributed by atoms with Crippen molar-refractivity contribution in [2.24, 2.45) is 10.1 Å². The van der Waals surface area contributed by atoms with Gasteiger partial charge in [-0.3, -0.25) is 0 Å². The third-order valence-electron chi connectivity index (χ3n) is 3.53. The predicted molar refractivity (Wildman–Crippen MR) is 107 cm³/mol. The Balaban J connectivity index is 1.76. The van der Waals surface area contributed by atoms with Crippen molar-refractivity contribution in [1.82, 2.24) is 10.7 Å². The molecule has 5 heteroatoms. The van der Waals surface area contributed by atoms with Gasteiger partial charge in [0.05, 0.1) is 12.3 Å². The summed E-state index contributed by atoms with van der Waals surface area (Å²) >= 11 is 5.93. The number of nitrogens with zero attached hydrogens (tertiary/aromatic N) is 2. The summed E-state index contributed by atoms with van der Waals surface area (Å²) in [5, 5.41) is 8.29. The molecule has 2 aromatic carbocycles. The van der Waals surface area contributed by atoms with Crippen LogP contribution < -0.4 is 10.7 Å². The molecular weight excluding hydrogens is 332 g/mol. The van der Waals surface area contributed by atoms with Crippen molar-refractivity contribution in [3.63, 3.8) is 0 Å². The maximum absolute atomic E-state index is 5.93. The fraction of sp³-hybridized carbons (Fsp3) is 0.100. The molecule has 2 N–H and O–H groups in total. The number of guanidine groups is 1. The predicted octanol–water partition coefficient (Wildman–Crippen LogP) is 3.97. The molecule has 0 aliphatic carbocycles. The molecule has 0 bridgehead atoms. The normalized spacial score (nSPS) is 14.8. The molecule has 0 unspecified atom stereocenters. The minimum Gasteiger partial charge on any atom is -0.353 e. The zero-order valence-electron chi connectivity index (χ0n) is 13.7. The van der Waals surface area contributed by atoms with E-state index in [4.69, 9.17) is 11.6 Å². The van der Waals surface area contributed by atoms with Gasteiger partial charge in [-0.05, 0) is 35.4 Å². The molecule has 3 rings (SSSR count). The first-order valence-electron chi connectivity index (χ1n) is 8.08. The third kappa shape index (κ3) is 5.62. The first-order valence-corrected chi connectivity index (χ1v) is 8.46. The molecular formula is C20H19ClN4. The van der Waals surface area contributed by atoms with E-state index in [0.717, 1.165) is 35.0 Å². The SMILES string of the molecule is Clc1ccc(/C=C/C(/C=C/c2ccccc2)=N/NC2=NCCN2)cc1. The van der Waals surface area contributed by atoms with E-state index >= 15 is 0 Å². The molecule has 4 nitrogen and oxygen atoms in total. The van der Waals surface area contributed by atoms with E-state index in [2.05, 4.69) is 20.8 Å². The second kappa shape index (κ2) is 8.85. The molecule has 1 heterocycles. The van der Waals surface area contributed by atoms with Gasteiger partial charge in [0.2, 0.25) is 5.96 Å². The number of allylic oxidation sites excluding steroid dienone is 2. The van der Waals surface area contributed by atoms with Crippen LogP contribution in [0.15, 0.2) is 76.8 Å². The van der Waals surface area contributed by atoms with Crippen LogP contribution in [0.4, 0.5) is 0 Å². The Bertz CT molecular complexity index is 805. The van der Waals surface area contributed by atoms with Crippen LogP contribution in [0.1, 0.15) is 11.1 Å². The number of aliphatic imine (C=N–C) groups is 1. The number of halogens is 1. The zero-order valence-corrected chi connectivity index (χ0v) is 14.4. The highest BCUT2D eigenvalue weighted by Gasteiger charge is 2.02. The van der Waals surface area contributed by atoms with Crippen LogP contribution in [0.5, 0.6) is 0 Å². The Labute approximate surface area is 152 Å². The standard InChI is InChI=1S/C20H19ClN4/c21-18-10-6-17(7-11-18)9-13-19(24-25-20-22-14-15-23-20)12-8-16-4-2-1-3-5-16/h1-13H,14-15H2,(H2,22,23,25)/b12-8+,13-9+,24-19+. The second-order valence-electron chi connectivity index (χ2n) is 5.43. The van der Waals surface area contributed by atoms with Crippen LogP contribution >= 0.6 is 11.6 Å². The minimum absolute atomic E-state index is 0.700. The summed E-state index contributed by atoms with van der Waals surface area (Å²) in [6.45, 7) is 1.61. The summed E-state index contributed by atoms with van der Waals surface area (Å²) in [6, 6.07) is 17.8. The number of nitrogens with one attached hydrogen (secondary N) is 2. The highest BCUT2D eigenvalue weighted by molar-refractivity contribution is 6.30. The van der Waals surface area contributed by atoms with Gasteiger partial charge in [0.25, 0.3) is 0 Å². The van der Waals surface area contributed by atoms with Gasteiger partial charge in [0.15, 0.2) is 0 Å². The monoisotopic (exact) mass is 350 g/mol. The van der Waals surface area contributed by atoms with Gasteiger partial charge in [-0.25, -0.2) is 10.4 Å². The van der Waals surface area contributed by atoms with Gasteiger partial charge in [-0.15, -0.1) is 0 Å². The first kappa shape index (κ1) is 17.0. The lowest BCUT2D eigenvalue weighted by Gasteiger charge is -2.01. The molecule has 0 atom stereocenters. The van der Waals surface area contributed by atoms with Crippen molar-refractivity contribution in [3.05, 3.63) is 82.9 Å². The summed E-state index contributed by atoms with van der Waals surface area (Å²) in [4.78, 5) is 4.28. The fourth-order valence-corrected chi connectivity index (χ4v) is 2.35. The summed E-state index contributed by atoms with van der Waals surface area (Å²) in [5.74, 6) is 0.700. The van der Waals surface area contributed by atoms with E-state index in [0.29, 0.717) is 5.96 Å². The van der Waals surface area contributed by atoms with Crippen LogP contribution in [0, 0.1) is 0 Å². The Morgan fingerprint density at radius 3 is 2.32 bits per heavy atom. The van der Waals surface area contributed by atoms with E-state index in [-0.39, 0.29) is 0 Å². The van der Waals surface area contributed by atoms with Crippen molar-refractivity contribution in [3.8, 4) is 0 Å². The molecule has 0 saturated heterocycles. The molecule has 1 aliphatic rings. The average molecular weight is 351 g/mol. The second-order valence-corrected chi connectivity index (χ2v) is 5.87. The van der Waals surface area contributed by atoms with E-state index in [1.807, 2.05) is 78.9 Å². The fourth-order valence-electron chi connectivity index (χ4n) is 2.22. The van der Waals surface area contributed by atoms with Gasteiger partial charge in [0.1, 0.15) is 0 Å². The van der Waals surface area contributed by atoms with Gasteiger partial charge in [0, 0.05) is 11.6 Å². The first-order chi connectivity index (χ1) is 12.3. The molecule has 0 amide bonds. The number of hydrogen-bond donors (Lipinski definition) is 2. The lowest BCUT2D eigenvalue weighted by molar-refractivity contribution is 0.918. The highest BCUT2D eigenvalue weighted by Crippen LogP contribution is 2.11. The smallest absolute Gasteiger partial charge is 0.212 e. The van der Waals surface area contributed by atoms with Crippen LogP contribution in [0.2, 0.25) is 5.02 Å². The maximum atomic E-state index is 5.93.